The van der Waals surface area contributed by atoms with E-state index in [1.165, 1.54) is 0 Å². The molecule has 2 N–H and O–H groups in total. The predicted octanol–water partition coefficient (Wildman–Crippen LogP) is 1.46. The number of carbonyl (C=O) groups excluding carboxylic acids is 2. The summed E-state index contributed by atoms with van der Waals surface area (Å²) in [5.74, 6) is -1.90. The summed E-state index contributed by atoms with van der Waals surface area (Å²) >= 11 is 0. The Morgan fingerprint density at radius 3 is 2.64 bits per heavy atom. The number of benzene rings is 1. The van der Waals surface area contributed by atoms with Crippen molar-refractivity contribution >= 4 is 17.8 Å². The molecule has 7 nitrogen and oxygen atoms in total. The van der Waals surface area contributed by atoms with Gasteiger partial charge in [-0.05, 0) is 31.2 Å². The third kappa shape index (κ3) is 5.32. The average molecular weight is 388 g/mol. The number of carboxylic acids is 1. The highest BCUT2D eigenvalue weighted by atomic mass is 16.5. The molecule has 0 radical (unpaired) electrons. The van der Waals surface area contributed by atoms with Crippen molar-refractivity contribution in [2.45, 2.75) is 38.1 Å². The van der Waals surface area contributed by atoms with Gasteiger partial charge in [0.15, 0.2) is 0 Å². The van der Waals surface area contributed by atoms with Gasteiger partial charge in [0, 0.05) is 25.6 Å². The van der Waals surface area contributed by atoms with Crippen LogP contribution in [-0.2, 0) is 25.5 Å². The molecular formula is C21H28N2O5. The molecule has 2 aliphatic rings. The zero-order valence-corrected chi connectivity index (χ0v) is 16.0. The van der Waals surface area contributed by atoms with Crippen LogP contribution in [0.5, 0.6) is 0 Å². The number of hydrogen-bond acceptors (Lipinski definition) is 4. The number of amides is 2. The van der Waals surface area contributed by atoms with Gasteiger partial charge >= 0.3 is 5.97 Å². The summed E-state index contributed by atoms with van der Waals surface area (Å²) in [6, 6.07) is 8.59. The first-order valence-electron chi connectivity index (χ1n) is 9.97. The normalized spacial score (nSPS) is 23.6. The molecule has 0 bridgehead atoms. The maximum atomic E-state index is 12.7. The van der Waals surface area contributed by atoms with Crippen LogP contribution in [0.2, 0.25) is 0 Å². The van der Waals surface area contributed by atoms with Gasteiger partial charge < -0.3 is 20.1 Å². The first-order valence-corrected chi connectivity index (χ1v) is 9.97. The lowest BCUT2D eigenvalue weighted by Crippen LogP contribution is -2.53. The molecule has 1 aromatic carbocycles. The minimum Gasteiger partial charge on any atom is -0.480 e. The molecule has 0 saturated carbocycles. The Kier molecular flexibility index (Phi) is 7.03. The monoisotopic (exact) mass is 388 g/mol. The van der Waals surface area contributed by atoms with E-state index in [0.717, 1.165) is 24.8 Å². The molecule has 3 atom stereocenters. The average Bonchev–Trinajstić information content (AvgIpc) is 2.73. The van der Waals surface area contributed by atoms with E-state index in [2.05, 4.69) is 5.32 Å². The number of likely N-dealkylation sites (tertiary alicyclic amines) is 1. The minimum absolute atomic E-state index is 0.000773. The van der Waals surface area contributed by atoms with Crippen LogP contribution < -0.4 is 5.32 Å². The molecule has 2 amide bonds. The Morgan fingerprint density at radius 1 is 1.18 bits per heavy atom. The van der Waals surface area contributed by atoms with Crippen molar-refractivity contribution in [1.82, 2.24) is 10.2 Å². The molecule has 0 spiro atoms. The Labute approximate surface area is 165 Å². The van der Waals surface area contributed by atoms with Crippen molar-refractivity contribution in [2.75, 3.05) is 26.3 Å². The molecular weight excluding hydrogens is 360 g/mol. The topological polar surface area (TPSA) is 95.9 Å². The molecule has 152 valence electrons. The first kappa shape index (κ1) is 20.3. The number of nitrogens with one attached hydrogen (secondary N) is 1. The number of carbonyl (C=O) groups is 3. The summed E-state index contributed by atoms with van der Waals surface area (Å²) in [5, 5.41) is 12.3. The highest BCUT2D eigenvalue weighted by Crippen LogP contribution is 2.21. The standard InChI is InChI=1S/C21H28N2O5/c24-18(12-15-6-2-1-3-7-15)23-10-4-8-16(13-23)20(25)22-19(21(26)27)17-9-5-11-28-14-17/h1-3,6-7,16-17,19H,4-5,8-14H2,(H,22,25)(H,26,27). The summed E-state index contributed by atoms with van der Waals surface area (Å²) in [4.78, 5) is 38.7. The number of aliphatic carboxylic acids is 1. The maximum absolute atomic E-state index is 12.7. The molecule has 28 heavy (non-hydrogen) atoms. The lowest BCUT2D eigenvalue weighted by atomic mass is 9.91. The van der Waals surface area contributed by atoms with Crippen LogP contribution in [0.1, 0.15) is 31.2 Å². The van der Waals surface area contributed by atoms with Crippen LogP contribution in [0.4, 0.5) is 0 Å². The quantitative estimate of drug-likeness (QED) is 0.769. The molecule has 2 heterocycles. The van der Waals surface area contributed by atoms with Gasteiger partial charge in [0.1, 0.15) is 6.04 Å². The van der Waals surface area contributed by atoms with E-state index in [-0.39, 0.29) is 23.7 Å². The summed E-state index contributed by atoms with van der Waals surface area (Å²) in [6.45, 7) is 1.96. The SMILES string of the molecule is O=C(NC(C(=O)O)C1CCCOC1)C1CCCN(C(=O)Cc2ccccc2)C1. The largest absolute Gasteiger partial charge is 0.480 e. The van der Waals surface area contributed by atoms with Crippen LogP contribution in [0.25, 0.3) is 0 Å². The van der Waals surface area contributed by atoms with Crippen molar-refractivity contribution < 1.29 is 24.2 Å². The summed E-state index contributed by atoms with van der Waals surface area (Å²) in [7, 11) is 0. The van der Waals surface area contributed by atoms with E-state index >= 15 is 0 Å². The number of piperidine rings is 1. The van der Waals surface area contributed by atoms with Crippen LogP contribution >= 0.6 is 0 Å². The molecule has 0 aliphatic carbocycles. The van der Waals surface area contributed by atoms with E-state index in [4.69, 9.17) is 4.74 Å². The smallest absolute Gasteiger partial charge is 0.326 e. The van der Waals surface area contributed by atoms with Gasteiger partial charge in [-0.25, -0.2) is 4.79 Å². The van der Waals surface area contributed by atoms with Gasteiger partial charge in [-0.1, -0.05) is 30.3 Å². The highest BCUT2D eigenvalue weighted by molar-refractivity contribution is 5.86. The Hall–Kier alpha value is -2.41. The first-order chi connectivity index (χ1) is 13.5. The number of hydrogen-bond donors (Lipinski definition) is 2. The maximum Gasteiger partial charge on any atom is 0.326 e. The highest BCUT2D eigenvalue weighted by Gasteiger charge is 2.35. The second kappa shape index (κ2) is 9.68. The van der Waals surface area contributed by atoms with Gasteiger partial charge in [-0.3, -0.25) is 9.59 Å². The Balaban J connectivity index is 1.57. The van der Waals surface area contributed by atoms with E-state index in [9.17, 15) is 19.5 Å². The fourth-order valence-electron chi connectivity index (χ4n) is 3.98. The number of carboxylic acid groups (broad SMARTS) is 1. The van der Waals surface area contributed by atoms with E-state index in [1.54, 1.807) is 4.90 Å². The number of ether oxygens (including phenoxy) is 1. The van der Waals surface area contributed by atoms with Gasteiger partial charge in [0.25, 0.3) is 0 Å². The fraction of sp³-hybridized carbons (Fsp3) is 0.571. The summed E-state index contributed by atoms with van der Waals surface area (Å²) in [5.41, 5.74) is 0.947. The van der Waals surface area contributed by atoms with E-state index in [0.29, 0.717) is 39.1 Å². The Morgan fingerprint density at radius 2 is 1.96 bits per heavy atom. The van der Waals surface area contributed by atoms with Crippen molar-refractivity contribution in [3.63, 3.8) is 0 Å². The third-order valence-corrected chi connectivity index (χ3v) is 5.57. The number of nitrogens with zero attached hydrogens (tertiary/aromatic N) is 1. The van der Waals surface area contributed by atoms with Crippen LogP contribution in [0.3, 0.4) is 0 Å². The third-order valence-electron chi connectivity index (χ3n) is 5.57. The lowest BCUT2D eigenvalue weighted by molar-refractivity contribution is -0.146. The molecule has 3 rings (SSSR count). The molecule has 2 saturated heterocycles. The van der Waals surface area contributed by atoms with Crippen LogP contribution in [0.15, 0.2) is 30.3 Å². The molecule has 2 aliphatic heterocycles. The van der Waals surface area contributed by atoms with Gasteiger partial charge in [-0.2, -0.15) is 0 Å². The van der Waals surface area contributed by atoms with Crippen LogP contribution in [0, 0.1) is 11.8 Å². The zero-order chi connectivity index (χ0) is 19.9. The predicted molar refractivity (Wildman–Crippen MR) is 103 cm³/mol. The van der Waals surface area contributed by atoms with Crippen molar-refractivity contribution in [1.29, 1.82) is 0 Å². The van der Waals surface area contributed by atoms with E-state index < -0.39 is 12.0 Å². The number of rotatable bonds is 6. The van der Waals surface area contributed by atoms with Gasteiger partial charge in [-0.15, -0.1) is 0 Å². The molecule has 3 unspecified atom stereocenters. The second-order valence-electron chi connectivity index (χ2n) is 7.64. The van der Waals surface area contributed by atoms with E-state index in [1.807, 2.05) is 30.3 Å². The molecule has 7 heteroatoms. The minimum atomic E-state index is -1.03. The summed E-state index contributed by atoms with van der Waals surface area (Å²) < 4.78 is 5.38. The van der Waals surface area contributed by atoms with Gasteiger partial charge in [0.2, 0.25) is 11.8 Å². The van der Waals surface area contributed by atoms with Gasteiger partial charge in [0.05, 0.1) is 18.9 Å². The fourth-order valence-corrected chi connectivity index (χ4v) is 3.98. The molecule has 1 aromatic rings. The van der Waals surface area contributed by atoms with Crippen molar-refractivity contribution in [3.05, 3.63) is 35.9 Å². The summed E-state index contributed by atoms with van der Waals surface area (Å²) in [6.07, 6.45) is 3.24. The van der Waals surface area contributed by atoms with Crippen molar-refractivity contribution in [3.8, 4) is 0 Å². The van der Waals surface area contributed by atoms with Crippen LogP contribution in [-0.4, -0.2) is 60.1 Å². The molecule has 0 aromatic heterocycles. The zero-order valence-electron chi connectivity index (χ0n) is 16.0. The lowest BCUT2D eigenvalue weighted by Gasteiger charge is -2.34. The molecule has 2 fully saturated rings. The Bertz CT molecular complexity index is 687. The second-order valence-corrected chi connectivity index (χ2v) is 7.64. The van der Waals surface area contributed by atoms with Crippen molar-refractivity contribution in [2.24, 2.45) is 11.8 Å².